The second-order valence-corrected chi connectivity index (χ2v) is 9.13. The number of nitrogens with one attached hydrogen (secondary N) is 1. The molecule has 1 aliphatic rings. The van der Waals surface area contributed by atoms with Crippen molar-refractivity contribution in [2.45, 2.75) is 37.2 Å². The molecule has 3 aromatic rings. The van der Waals surface area contributed by atoms with Crippen LogP contribution in [-0.2, 0) is 16.6 Å². The highest BCUT2D eigenvalue weighted by molar-refractivity contribution is 7.90. The van der Waals surface area contributed by atoms with Crippen LogP contribution in [0.2, 0.25) is 5.02 Å². The van der Waals surface area contributed by atoms with Crippen LogP contribution < -0.4 is 4.72 Å². The van der Waals surface area contributed by atoms with Crippen LogP contribution in [0.25, 0.3) is 10.1 Å². The topological polar surface area (TPSA) is 76.9 Å². The summed E-state index contributed by atoms with van der Waals surface area (Å²) in [7, 11) is -3.69. The minimum absolute atomic E-state index is 0.307. The molecular formula is C15H15ClN4O2S2. The second kappa shape index (κ2) is 5.80. The Bertz CT molecular complexity index is 1030. The molecule has 0 radical (unpaired) electrons. The van der Waals surface area contributed by atoms with E-state index < -0.39 is 10.0 Å². The zero-order chi connectivity index (χ0) is 16.9. The zero-order valence-electron chi connectivity index (χ0n) is 12.9. The summed E-state index contributed by atoms with van der Waals surface area (Å²) in [5.41, 5.74) is 0. The Balaban J connectivity index is 1.77. The highest BCUT2D eigenvalue weighted by Gasteiger charge is 2.30. The number of aryl methyl sites for hydroxylation is 2. The molecule has 6 nitrogen and oxygen atoms in total. The molecule has 0 unspecified atom stereocenters. The molecule has 1 aromatic carbocycles. The van der Waals surface area contributed by atoms with Crippen molar-refractivity contribution in [1.82, 2.24) is 19.5 Å². The van der Waals surface area contributed by atoms with Gasteiger partial charge in [-0.15, -0.1) is 11.3 Å². The summed E-state index contributed by atoms with van der Waals surface area (Å²) in [5.74, 6) is 0.667. The van der Waals surface area contributed by atoms with Crippen molar-refractivity contribution in [1.29, 1.82) is 0 Å². The van der Waals surface area contributed by atoms with E-state index in [4.69, 9.17) is 11.6 Å². The number of halogens is 1. The zero-order valence-corrected chi connectivity index (χ0v) is 15.2. The smallest absolute Gasteiger partial charge is 0.242 e. The van der Waals surface area contributed by atoms with Gasteiger partial charge in [-0.25, -0.2) is 22.8 Å². The molecule has 9 heteroatoms. The monoisotopic (exact) mass is 382 g/mol. The molecule has 0 fully saturated rings. The third-order valence-electron chi connectivity index (χ3n) is 4.16. The fourth-order valence-electron chi connectivity index (χ4n) is 3.15. The standard InChI is InChI=1S/C15H15ClN4O2S2/c1-9-14(11-7-10(16)4-5-13(11)23-9)24(21,22)19-12-3-2-6-20-15(12)17-8-18-20/h4-5,7-8,12,19H,2-3,6H2,1H3/t12-/m0/s1. The first kappa shape index (κ1) is 16.0. The second-order valence-electron chi connectivity index (χ2n) is 5.79. The molecule has 0 amide bonds. The van der Waals surface area contributed by atoms with E-state index in [1.165, 1.54) is 17.7 Å². The van der Waals surface area contributed by atoms with E-state index in [1.54, 1.807) is 16.8 Å². The number of fused-ring (bicyclic) bond motifs is 2. The van der Waals surface area contributed by atoms with E-state index in [0.717, 1.165) is 22.5 Å². The van der Waals surface area contributed by atoms with Crippen LogP contribution in [0.4, 0.5) is 0 Å². The van der Waals surface area contributed by atoms with Gasteiger partial charge in [-0.05, 0) is 38.0 Å². The summed E-state index contributed by atoms with van der Waals surface area (Å²) in [6.07, 6.45) is 3.03. The molecule has 0 bridgehead atoms. The quantitative estimate of drug-likeness (QED) is 0.754. The fraction of sp³-hybridized carbons (Fsp3) is 0.333. The lowest BCUT2D eigenvalue weighted by molar-refractivity contribution is 0.400. The van der Waals surface area contributed by atoms with Gasteiger partial charge in [0, 0.05) is 26.5 Å². The van der Waals surface area contributed by atoms with Crippen molar-refractivity contribution in [3.63, 3.8) is 0 Å². The molecule has 24 heavy (non-hydrogen) atoms. The third-order valence-corrected chi connectivity index (χ3v) is 7.26. The molecule has 1 N–H and O–H groups in total. The lowest BCUT2D eigenvalue weighted by Crippen LogP contribution is -2.33. The summed E-state index contributed by atoms with van der Waals surface area (Å²) in [6, 6.07) is 4.97. The minimum atomic E-state index is -3.69. The molecule has 4 rings (SSSR count). The maximum Gasteiger partial charge on any atom is 0.242 e. The number of sulfonamides is 1. The number of nitrogens with zero attached hydrogens (tertiary/aromatic N) is 3. The highest BCUT2D eigenvalue weighted by atomic mass is 35.5. The average molecular weight is 383 g/mol. The van der Waals surface area contributed by atoms with Crippen LogP contribution in [0.1, 0.15) is 29.6 Å². The van der Waals surface area contributed by atoms with Gasteiger partial charge < -0.3 is 0 Å². The summed E-state index contributed by atoms with van der Waals surface area (Å²) in [6.45, 7) is 2.58. The van der Waals surface area contributed by atoms with Crippen molar-refractivity contribution in [3.05, 3.63) is 40.3 Å². The lowest BCUT2D eigenvalue weighted by atomic mass is 10.1. The molecule has 0 saturated heterocycles. The number of hydrogen-bond donors (Lipinski definition) is 1. The predicted molar refractivity (Wildman–Crippen MR) is 93.9 cm³/mol. The summed E-state index contributed by atoms with van der Waals surface area (Å²) < 4.78 is 31.5. The van der Waals surface area contributed by atoms with Crippen LogP contribution in [0.5, 0.6) is 0 Å². The first-order chi connectivity index (χ1) is 11.5. The Hall–Kier alpha value is -1.48. The fourth-order valence-corrected chi connectivity index (χ4v) is 6.33. The highest BCUT2D eigenvalue weighted by Crippen LogP contribution is 2.36. The van der Waals surface area contributed by atoms with Gasteiger partial charge >= 0.3 is 0 Å². The number of thiophene rings is 1. The Labute approximate surface area is 148 Å². The van der Waals surface area contributed by atoms with Crippen molar-refractivity contribution < 1.29 is 8.42 Å². The van der Waals surface area contributed by atoms with Gasteiger partial charge in [-0.3, -0.25) is 0 Å². The Morgan fingerprint density at radius 1 is 1.42 bits per heavy atom. The number of rotatable bonds is 3. The van der Waals surface area contributed by atoms with E-state index in [1.807, 2.05) is 13.0 Å². The van der Waals surface area contributed by atoms with Gasteiger partial charge in [0.2, 0.25) is 10.0 Å². The Morgan fingerprint density at radius 3 is 3.08 bits per heavy atom. The van der Waals surface area contributed by atoms with Gasteiger partial charge in [0.25, 0.3) is 0 Å². The minimum Gasteiger partial charge on any atom is -0.248 e. The van der Waals surface area contributed by atoms with Crippen LogP contribution in [0.3, 0.4) is 0 Å². The molecule has 2 aromatic heterocycles. The predicted octanol–water partition coefficient (Wildman–Crippen LogP) is 3.27. The van der Waals surface area contributed by atoms with Crippen molar-refractivity contribution in [3.8, 4) is 0 Å². The Kier molecular flexibility index (Phi) is 3.87. The van der Waals surface area contributed by atoms with Gasteiger partial charge in [0.05, 0.1) is 6.04 Å². The molecule has 0 saturated carbocycles. The van der Waals surface area contributed by atoms with E-state index in [0.29, 0.717) is 27.5 Å². The van der Waals surface area contributed by atoms with Gasteiger partial charge in [-0.1, -0.05) is 11.6 Å². The van der Waals surface area contributed by atoms with E-state index in [9.17, 15) is 8.42 Å². The number of aromatic nitrogens is 3. The number of hydrogen-bond acceptors (Lipinski definition) is 5. The molecule has 1 atom stereocenters. The van der Waals surface area contributed by atoms with Crippen LogP contribution in [-0.4, -0.2) is 23.2 Å². The first-order valence-corrected chi connectivity index (χ1v) is 10.2. The Morgan fingerprint density at radius 2 is 2.25 bits per heavy atom. The summed E-state index contributed by atoms with van der Waals surface area (Å²) in [5, 5.41) is 5.32. The van der Waals surface area contributed by atoms with Crippen molar-refractivity contribution >= 4 is 43.0 Å². The largest absolute Gasteiger partial charge is 0.248 e. The van der Waals surface area contributed by atoms with Crippen LogP contribution >= 0.6 is 22.9 Å². The molecule has 126 valence electrons. The summed E-state index contributed by atoms with van der Waals surface area (Å²) >= 11 is 7.51. The van der Waals surface area contributed by atoms with Crippen molar-refractivity contribution in [2.24, 2.45) is 0 Å². The van der Waals surface area contributed by atoms with Gasteiger partial charge in [0.15, 0.2) is 0 Å². The van der Waals surface area contributed by atoms with Crippen LogP contribution in [0, 0.1) is 6.92 Å². The molecular weight excluding hydrogens is 368 g/mol. The maximum atomic E-state index is 13.0. The number of benzene rings is 1. The molecule has 0 spiro atoms. The average Bonchev–Trinajstić information content (AvgIpc) is 3.10. The lowest BCUT2D eigenvalue weighted by Gasteiger charge is -2.23. The van der Waals surface area contributed by atoms with Crippen LogP contribution in [0.15, 0.2) is 29.4 Å². The van der Waals surface area contributed by atoms with Crippen molar-refractivity contribution in [2.75, 3.05) is 0 Å². The third kappa shape index (κ3) is 2.63. The molecule has 0 aliphatic carbocycles. The first-order valence-electron chi connectivity index (χ1n) is 7.54. The van der Waals surface area contributed by atoms with E-state index in [-0.39, 0.29) is 6.04 Å². The van der Waals surface area contributed by atoms with E-state index >= 15 is 0 Å². The van der Waals surface area contributed by atoms with Gasteiger partial charge in [0.1, 0.15) is 17.0 Å². The summed E-state index contributed by atoms with van der Waals surface area (Å²) in [4.78, 5) is 5.26. The van der Waals surface area contributed by atoms with Gasteiger partial charge in [-0.2, -0.15) is 5.10 Å². The normalized spacial score (nSPS) is 18.0. The SMILES string of the molecule is Cc1sc2ccc(Cl)cc2c1S(=O)(=O)N[C@H]1CCCn2ncnc21. The maximum absolute atomic E-state index is 13.0. The molecule has 1 aliphatic heterocycles. The van der Waals surface area contributed by atoms with E-state index in [2.05, 4.69) is 14.8 Å². The molecule has 3 heterocycles.